The van der Waals surface area contributed by atoms with Gasteiger partial charge < -0.3 is 14.4 Å². The molecule has 7 heteroatoms. The molecule has 1 fully saturated rings. The van der Waals surface area contributed by atoms with E-state index >= 15 is 0 Å². The number of carbonyl (C=O) groups is 1. The van der Waals surface area contributed by atoms with E-state index in [2.05, 4.69) is 4.74 Å². The van der Waals surface area contributed by atoms with E-state index in [4.69, 9.17) is 4.74 Å². The number of alkyl halides is 3. The molecule has 2 heterocycles. The molecule has 1 saturated heterocycles. The molecule has 0 unspecified atom stereocenters. The smallest absolute Gasteiger partial charge is 0.406 e. The van der Waals surface area contributed by atoms with E-state index in [1.807, 2.05) is 6.92 Å². The monoisotopic (exact) mass is 343 g/mol. The summed E-state index contributed by atoms with van der Waals surface area (Å²) in [6.45, 7) is 3.72. The molecule has 0 N–H and O–H groups in total. The Bertz CT molecular complexity index is 618. The molecule has 2 atom stereocenters. The van der Waals surface area contributed by atoms with Crippen LogP contribution in [0.3, 0.4) is 0 Å². The molecule has 132 valence electrons. The first-order valence-electron chi connectivity index (χ1n) is 8.13. The summed E-state index contributed by atoms with van der Waals surface area (Å²) in [5, 5.41) is 0. The second-order valence-electron chi connectivity index (χ2n) is 6.38. The maximum Gasteiger partial charge on any atom is 0.573 e. The second-order valence-corrected chi connectivity index (χ2v) is 6.38. The van der Waals surface area contributed by atoms with Crippen molar-refractivity contribution < 1.29 is 27.4 Å². The topological polar surface area (TPSA) is 38.8 Å². The van der Waals surface area contributed by atoms with Gasteiger partial charge in [0.2, 0.25) is 5.91 Å². The molecule has 0 aromatic heterocycles. The molecule has 0 aliphatic carbocycles. The number of nitrogens with zero attached hydrogens (tertiary/aromatic N) is 1. The van der Waals surface area contributed by atoms with E-state index in [1.54, 1.807) is 11.0 Å². The molecule has 3 rings (SSSR count). The summed E-state index contributed by atoms with van der Waals surface area (Å²) in [6, 6.07) is 4.21. The zero-order valence-corrected chi connectivity index (χ0v) is 13.4. The molecular weight excluding hydrogens is 323 g/mol. The number of benzene rings is 1. The molecule has 1 aromatic carbocycles. The maximum absolute atomic E-state index is 12.9. The first-order valence-corrected chi connectivity index (χ1v) is 8.13. The molecule has 2 aliphatic heterocycles. The summed E-state index contributed by atoms with van der Waals surface area (Å²) in [5.41, 5.74) is 1.41. The Labute approximate surface area is 138 Å². The van der Waals surface area contributed by atoms with Crippen molar-refractivity contribution in [1.82, 2.24) is 0 Å². The van der Waals surface area contributed by atoms with Crippen LogP contribution in [0, 0.1) is 11.8 Å². The molecule has 2 aliphatic rings. The van der Waals surface area contributed by atoms with Gasteiger partial charge >= 0.3 is 6.36 Å². The van der Waals surface area contributed by atoms with Gasteiger partial charge in [0.15, 0.2) is 0 Å². The van der Waals surface area contributed by atoms with Crippen LogP contribution in [0.2, 0.25) is 0 Å². The fourth-order valence-corrected chi connectivity index (χ4v) is 3.45. The fourth-order valence-electron chi connectivity index (χ4n) is 3.45. The molecule has 0 radical (unpaired) electrons. The summed E-state index contributed by atoms with van der Waals surface area (Å²) in [4.78, 5) is 14.6. The number of amides is 1. The minimum absolute atomic E-state index is 0.0382. The van der Waals surface area contributed by atoms with Gasteiger partial charge in [0, 0.05) is 31.4 Å². The number of hydrogen-bond acceptors (Lipinski definition) is 3. The molecule has 0 bridgehead atoms. The predicted octanol–water partition coefficient (Wildman–Crippen LogP) is 3.54. The zero-order valence-electron chi connectivity index (χ0n) is 13.4. The minimum Gasteiger partial charge on any atom is -0.406 e. The highest BCUT2D eigenvalue weighted by molar-refractivity contribution is 5.96. The number of anilines is 1. The first kappa shape index (κ1) is 17.1. The van der Waals surface area contributed by atoms with Gasteiger partial charge in [0.05, 0.1) is 0 Å². The highest BCUT2D eigenvalue weighted by Crippen LogP contribution is 2.35. The van der Waals surface area contributed by atoms with E-state index in [0.717, 1.165) is 12.0 Å². The molecule has 0 saturated carbocycles. The number of hydrogen-bond donors (Lipinski definition) is 0. The highest BCUT2D eigenvalue weighted by Gasteiger charge is 2.35. The molecule has 24 heavy (non-hydrogen) atoms. The Hall–Kier alpha value is -1.76. The van der Waals surface area contributed by atoms with Crippen LogP contribution in [-0.2, 0) is 16.0 Å². The van der Waals surface area contributed by atoms with E-state index in [0.29, 0.717) is 38.3 Å². The largest absolute Gasteiger partial charge is 0.573 e. The van der Waals surface area contributed by atoms with Crippen LogP contribution in [0.5, 0.6) is 5.75 Å². The van der Waals surface area contributed by atoms with Crippen molar-refractivity contribution in [2.75, 3.05) is 24.7 Å². The number of rotatable bonds is 2. The van der Waals surface area contributed by atoms with Crippen LogP contribution < -0.4 is 9.64 Å². The van der Waals surface area contributed by atoms with Crippen molar-refractivity contribution >= 4 is 11.6 Å². The lowest BCUT2D eigenvalue weighted by atomic mass is 9.87. The van der Waals surface area contributed by atoms with Crippen LogP contribution in [0.1, 0.15) is 25.3 Å². The van der Waals surface area contributed by atoms with Gasteiger partial charge in [-0.05, 0) is 48.9 Å². The summed E-state index contributed by atoms with van der Waals surface area (Å²) in [6.07, 6.45) is -2.67. The lowest BCUT2D eigenvalue weighted by Crippen LogP contribution is -2.44. The van der Waals surface area contributed by atoms with Crippen molar-refractivity contribution in [3.63, 3.8) is 0 Å². The Kier molecular flexibility index (Phi) is 4.71. The van der Waals surface area contributed by atoms with Gasteiger partial charge in [-0.15, -0.1) is 13.2 Å². The van der Waals surface area contributed by atoms with Crippen LogP contribution in [0.25, 0.3) is 0 Å². The van der Waals surface area contributed by atoms with Gasteiger partial charge in [0.1, 0.15) is 5.75 Å². The zero-order chi connectivity index (χ0) is 17.3. The highest BCUT2D eigenvalue weighted by atomic mass is 19.4. The summed E-state index contributed by atoms with van der Waals surface area (Å²) in [7, 11) is 0. The fraction of sp³-hybridized carbons (Fsp3) is 0.588. The number of fused-ring (bicyclic) bond motifs is 1. The third-order valence-corrected chi connectivity index (χ3v) is 4.63. The predicted molar refractivity (Wildman–Crippen MR) is 81.9 cm³/mol. The molecule has 1 amide bonds. The van der Waals surface area contributed by atoms with Crippen molar-refractivity contribution in [2.24, 2.45) is 11.8 Å². The third kappa shape index (κ3) is 3.66. The Morgan fingerprint density at radius 3 is 2.88 bits per heavy atom. The SMILES string of the molecule is C[C@@H]1COCC[C@H]1C(=O)N1CCCc2cc(OC(F)(F)F)ccc21. The summed E-state index contributed by atoms with van der Waals surface area (Å²) >= 11 is 0. The lowest BCUT2D eigenvalue weighted by molar-refractivity contribution is -0.274. The van der Waals surface area contributed by atoms with Crippen LogP contribution in [0.4, 0.5) is 18.9 Å². The van der Waals surface area contributed by atoms with Crippen LogP contribution in [-0.4, -0.2) is 32.0 Å². The van der Waals surface area contributed by atoms with Crippen molar-refractivity contribution in [2.45, 2.75) is 32.5 Å². The van der Waals surface area contributed by atoms with Gasteiger partial charge in [-0.25, -0.2) is 0 Å². The van der Waals surface area contributed by atoms with Crippen LogP contribution >= 0.6 is 0 Å². The lowest BCUT2D eigenvalue weighted by Gasteiger charge is -2.36. The molecule has 1 aromatic rings. The average molecular weight is 343 g/mol. The van der Waals surface area contributed by atoms with Crippen molar-refractivity contribution in [3.05, 3.63) is 23.8 Å². The van der Waals surface area contributed by atoms with E-state index in [-0.39, 0.29) is 23.5 Å². The summed E-state index contributed by atoms with van der Waals surface area (Å²) < 4.78 is 46.5. The second kappa shape index (κ2) is 6.63. The Balaban J connectivity index is 1.82. The van der Waals surface area contributed by atoms with E-state index in [9.17, 15) is 18.0 Å². The number of ether oxygens (including phenoxy) is 2. The Morgan fingerprint density at radius 1 is 1.38 bits per heavy atom. The van der Waals surface area contributed by atoms with Crippen molar-refractivity contribution in [1.29, 1.82) is 0 Å². The Morgan fingerprint density at radius 2 is 2.17 bits per heavy atom. The average Bonchev–Trinajstić information content (AvgIpc) is 2.52. The van der Waals surface area contributed by atoms with Gasteiger partial charge in [-0.3, -0.25) is 4.79 Å². The molecule has 4 nitrogen and oxygen atoms in total. The van der Waals surface area contributed by atoms with Crippen molar-refractivity contribution in [3.8, 4) is 5.75 Å². The van der Waals surface area contributed by atoms with Crippen LogP contribution in [0.15, 0.2) is 18.2 Å². The minimum atomic E-state index is -4.71. The maximum atomic E-state index is 12.9. The normalized spacial score (nSPS) is 24.4. The molecular formula is C17H20F3NO3. The standard InChI is InChI=1S/C17H20F3NO3/c1-11-10-23-8-6-14(11)16(22)21-7-2-3-12-9-13(4-5-15(12)21)24-17(18,19)20/h4-5,9,11,14H,2-3,6-8,10H2,1H3/t11-,14-/m1/s1. The quantitative estimate of drug-likeness (QED) is 0.824. The van der Waals surface area contributed by atoms with Gasteiger partial charge in [0.25, 0.3) is 0 Å². The third-order valence-electron chi connectivity index (χ3n) is 4.63. The van der Waals surface area contributed by atoms with Gasteiger partial charge in [-0.1, -0.05) is 6.92 Å². The summed E-state index contributed by atoms with van der Waals surface area (Å²) in [5.74, 6) is -0.161. The van der Waals surface area contributed by atoms with E-state index < -0.39 is 6.36 Å². The van der Waals surface area contributed by atoms with Gasteiger partial charge in [-0.2, -0.15) is 0 Å². The number of aryl methyl sites for hydroxylation is 1. The first-order chi connectivity index (χ1) is 11.3. The number of carbonyl (C=O) groups excluding carboxylic acids is 1. The number of halogens is 3. The molecule has 0 spiro atoms. The van der Waals surface area contributed by atoms with E-state index in [1.165, 1.54) is 12.1 Å².